The quantitative estimate of drug-likeness (QED) is 0.797. The van der Waals surface area contributed by atoms with Crippen LogP contribution in [-0.2, 0) is 6.54 Å². The van der Waals surface area contributed by atoms with Crippen molar-refractivity contribution >= 4 is 12.2 Å². The van der Waals surface area contributed by atoms with E-state index in [1.54, 1.807) is 19.6 Å². The van der Waals surface area contributed by atoms with Gasteiger partial charge in [0.2, 0.25) is 5.88 Å². The second-order valence-electron chi connectivity index (χ2n) is 3.00. The molecule has 6 heteroatoms. The highest BCUT2D eigenvalue weighted by atomic mass is 32.1. The lowest BCUT2D eigenvalue weighted by atomic mass is 10.2. The van der Waals surface area contributed by atoms with Gasteiger partial charge < -0.3 is 9.30 Å². The van der Waals surface area contributed by atoms with Crippen molar-refractivity contribution in [2.45, 2.75) is 6.54 Å². The molecule has 0 aliphatic heterocycles. The van der Waals surface area contributed by atoms with Gasteiger partial charge in [-0.2, -0.15) is 5.10 Å². The number of hydrogen-bond acceptors (Lipinski definition) is 4. The van der Waals surface area contributed by atoms with Gasteiger partial charge in [-0.15, -0.1) is 0 Å². The van der Waals surface area contributed by atoms with Gasteiger partial charge in [-0.1, -0.05) is 0 Å². The second kappa shape index (κ2) is 4.22. The fourth-order valence-electron chi connectivity index (χ4n) is 1.24. The van der Waals surface area contributed by atoms with Crippen LogP contribution in [0.15, 0.2) is 24.7 Å². The Bertz CT molecular complexity index is 505. The summed E-state index contributed by atoms with van der Waals surface area (Å²) >= 11 is 5.04. The first-order valence-electron chi connectivity index (χ1n) is 4.38. The summed E-state index contributed by atoms with van der Waals surface area (Å²) < 4.78 is 7.47. The number of nitrogens with zero attached hydrogens (tertiary/aromatic N) is 3. The lowest BCUT2D eigenvalue weighted by Gasteiger charge is -2.03. The van der Waals surface area contributed by atoms with E-state index in [0.717, 1.165) is 5.56 Å². The van der Waals surface area contributed by atoms with Crippen LogP contribution in [0, 0.1) is 4.77 Å². The first kappa shape index (κ1) is 9.85. The number of ether oxygens (including phenoxy) is 1. The van der Waals surface area contributed by atoms with Gasteiger partial charge in [0.15, 0.2) is 4.77 Å². The minimum atomic E-state index is 0.600. The molecular weight excluding hydrogens is 212 g/mol. The average molecular weight is 222 g/mol. The molecule has 0 aliphatic carbocycles. The molecule has 2 rings (SSSR count). The number of methoxy groups -OCH3 is 1. The Morgan fingerprint density at radius 3 is 3.13 bits per heavy atom. The maximum atomic E-state index is 5.04. The molecule has 0 aliphatic rings. The zero-order valence-corrected chi connectivity index (χ0v) is 8.99. The minimum Gasteiger partial charge on any atom is -0.481 e. The molecule has 0 bridgehead atoms. The molecule has 2 aromatic rings. The molecule has 0 saturated heterocycles. The Morgan fingerprint density at radius 1 is 1.60 bits per heavy atom. The van der Waals surface area contributed by atoms with Crippen molar-refractivity contribution in [1.82, 2.24) is 19.7 Å². The topological polar surface area (TPSA) is 55.7 Å². The molecule has 0 atom stereocenters. The third-order valence-corrected chi connectivity index (χ3v) is 2.31. The zero-order valence-electron chi connectivity index (χ0n) is 8.17. The Kier molecular flexibility index (Phi) is 2.77. The summed E-state index contributed by atoms with van der Waals surface area (Å²) in [6, 6.07) is 3.78. The van der Waals surface area contributed by atoms with Crippen LogP contribution in [0.3, 0.4) is 0 Å². The summed E-state index contributed by atoms with van der Waals surface area (Å²) in [5.41, 5.74) is 1.07. The standard InChI is InChI=1S/C9H10N4OS/c1-14-8-4-7(2-3-10-8)5-13-6-11-12-9(13)15/h2-4,6H,5H2,1H3,(H,12,15). The van der Waals surface area contributed by atoms with Gasteiger partial charge in [0.05, 0.1) is 13.7 Å². The predicted octanol–water partition coefficient (Wildman–Crippen LogP) is 1.39. The van der Waals surface area contributed by atoms with Gasteiger partial charge in [-0.25, -0.2) is 4.98 Å². The van der Waals surface area contributed by atoms with Gasteiger partial charge in [-0.3, -0.25) is 5.10 Å². The molecule has 2 aromatic heterocycles. The Morgan fingerprint density at radius 2 is 2.47 bits per heavy atom. The van der Waals surface area contributed by atoms with Crippen molar-refractivity contribution in [2.75, 3.05) is 7.11 Å². The van der Waals surface area contributed by atoms with E-state index in [1.807, 2.05) is 16.7 Å². The van der Waals surface area contributed by atoms with E-state index in [1.165, 1.54) is 0 Å². The highest BCUT2D eigenvalue weighted by molar-refractivity contribution is 7.71. The molecule has 0 aromatic carbocycles. The molecule has 0 saturated carbocycles. The largest absolute Gasteiger partial charge is 0.481 e. The molecule has 2 heterocycles. The van der Waals surface area contributed by atoms with Gasteiger partial charge in [-0.05, 0) is 23.8 Å². The maximum Gasteiger partial charge on any atom is 0.213 e. The maximum absolute atomic E-state index is 5.04. The summed E-state index contributed by atoms with van der Waals surface area (Å²) in [7, 11) is 1.59. The van der Waals surface area contributed by atoms with Crippen LogP contribution in [0.1, 0.15) is 5.56 Å². The summed E-state index contributed by atoms with van der Waals surface area (Å²) in [4.78, 5) is 4.03. The zero-order chi connectivity index (χ0) is 10.7. The van der Waals surface area contributed by atoms with E-state index in [0.29, 0.717) is 17.2 Å². The summed E-state index contributed by atoms with van der Waals surface area (Å²) in [6.45, 7) is 0.661. The van der Waals surface area contributed by atoms with Crippen LogP contribution in [-0.4, -0.2) is 26.9 Å². The fraction of sp³-hybridized carbons (Fsp3) is 0.222. The van der Waals surface area contributed by atoms with Crippen molar-refractivity contribution in [3.63, 3.8) is 0 Å². The molecule has 0 amide bonds. The highest BCUT2D eigenvalue weighted by Gasteiger charge is 1.99. The Balaban J connectivity index is 2.24. The van der Waals surface area contributed by atoms with E-state index in [9.17, 15) is 0 Å². The van der Waals surface area contributed by atoms with Gasteiger partial charge in [0.1, 0.15) is 6.33 Å². The molecule has 5 nitrogen and oxygen atoms in total. The van der Waals surface area contributed by atoms with E-state index >= 15 is 0 Å². The van der Waals surface area contributed by atoms with Crippen molar-refractivity contribution in [3.8, 4) is 5.88 Å². The lowest BCUT2D eigenvalue weighted by Crippen LogP contribution is -1.99. The monoisotopic (exact) mass is 222 g/mol. The summed E-state index contributed by atoms with van der Waals surface area (Å²) in [5, 5.41) is 6.55. The Hall–Kier alpha value is -1.69. The van der Waals surface area contributed by atoms with Gasteiger partial charge in [0.25, 0.3) is 0 Å². The second-order valence-corrected chi connectivity index (χ2v) is 3.38. The van der Waals surface area contributed by atoms with Gasteiger partial charge in [0, 0.05) is 12.3 Å². The van der Waals surface area contributed by atoms with E-state index < -0.39 is 0 Å². The third kappa shape index (κ3) is 2.21. The first-order chi connectivity index (χ1) is 7.29. The minimum absolute atomic E-state index is 0.600. The van der Waals surface area contributed by atoms with E-state index in [4.69, 9.17) is 17.0 Å². The third-order valence-electron chi connectivity index (χ3n) is 1.98. The highest BCUT2D eigenvalue weighted by Crippen LogP contribution is 2.09. The van der Waals surface area contributed by atoms with Crippen molar-refractivity contribution in [3.05, 3.63) is 35.0 Å². The van der Waals surface area contributed by atoms with Gasteiger partial charge >= 0.3 is 0 Å². The molecule has 0 unspecified atom stereocenters. The number of rotatable bonds is 3. The summed E-state index contributed by atoms with van der Waals surface area (Å²) in [5.74, 6) is 0.600. The number of pyridine rings is 1. The van der Waals surface area contributed by atoms with Crippen molar-refractivity contribution in [1.29, 1.82) is 0 Å². The molecule has 1 N–H and O–H groups in total. The molecule has 0 spiro atoms. The summed E-state index contributed by atoms with van der Waals surface area (Å²) in [6.07, 6.45) is 3.37. The van der Waals surface area contributed by atoms with Crippen LogP contribution < -0.4 is 4.74 Å². The molecule has 15 heavy (non-hydrogen) atoms. The molecule has 78 valence electrons. The van der Waals surface area contributed by atoms with E-state index in [-0.39, 0.29) is 0 Å². The first-order valence-corrected chi connectivity index (χ1v) is 4.79. The molecule has 0 fully saturated rings. The average Bonchev–Trinajstić information content (AvgIpc) is 2.65. The Labute approximate surface area is 91.7 Å². The number of nitrogens with one attached hydrogen (secondary N) is 1. The SMILES string of the molecule is COc1cc(Cn2cn[nH]c2=S)ccn1. The smallest absolute Gasteiger partial charge is 0.213 e. The lowest BCUT2D eigenvalue weighted by molar-refractivity contribution is 0.397. The predicted molar refractivity (Wildman–Crippen MR) is 57.3 cm³/mol. The number of aromatic amines is 1. The van der Waals surface area contributed by atoms with Crippen molar-refractivity contribution in [2.24, 2.45) is 0 Å². The molecular formula is C9H10N4OS. The number of hydrogen-bond donors (Lipinski definition) is 1. The van der Waals surface area contributed by atoms with Crippen LogP contribution in [0.5, 0.6) is 5.88 Å². The number of H-pyrrole nitrogens is 1. The van der Waals surface area contributed by atoms with E-state index in [2.05, 4.69) is 15.2 Å². The normalized spacial score (nSPS) is 10.2. The van der Waals surface area contributed by atoms with Crippen molar-refractivity contribution < 1.29 is 4.74 Å². The van der Waals surface area contributed by atoms with Crippen LogP contribution in [0.25, 0.3) is 0 Å². The van der Waals surface area contributed by atoms with Crippen LogP contribution in [0.4, 0.5) is 0 Å². The van der Waals surface area contributed by atoms with Crippen LogP contribution >= 0.6 is 12.2 Å². The molecule has 0 radical (unpaired) electrons. The fourth-order valence-corrected chi connectivity index (χ4v) is 1.40. The number of aromatic nitrogens is 4. The van der Waals surface area contributed by atoms with Crippen LogP contribution in [0.2, 0.25) is 0 Å².